The molecular weight excluding hydrogens is 254 g/mol. The van der Waals surface area contributed by atoms with Crippen LogP contribution in [0.5, 0.6) is 0 Å². The molecule has 0 unspecified atom stereocenters. The smallest absolute Gasteiger partial charge is 0.0640 e. The summed E-state index contributed by atoms with van der Waals surface area (Å²) >= 11 is 6.22. The largest absolute Gasteiger partial charge is 0.380 e. The first-order chi connectivity index (χ1) is 9.24. The molecule has 0 spiro atoms. The lowest BCUT2D eigenvalue weighted by Crippen LogP contribution is -2.02. The fourth-order valence-corrected chi connectivity index (χ4v) is 2.71. The second kappa shape index (κ2) is 5.26. The Kier molecular flexibility index (Phi) is 3.48. The predicted octanol–water partition coefficient (Wildman–Crippen LogP) is 5.14. The van der Waals surface area contributed by atoms with E-state index in [1.165, 1.54) is 29.5 Å². The van der Waals surface area contributed by atoms with Crippen molar-refractivity contribution < 1.29 is 0 Å². The van der Waals surface area contributed by atoms with E-state index in [0.717, 1.165) is 23.2 Å². The Morgan fingerprint density at radius 1 is 1.16 bits per heavy atom. The number of anilines is 1. The summed E-state index contributed by atoms with van der Waals surface area (Å²) in [6, 6.07) is 14.9. The summed E-state index contributed by atoms with van der Waals surface area (Å²) in [5.41, 5.74) is 5.03. The Bertz CT molecular complexity index is 567. The molecule has 0 heterocycles. The molecule has 1 nitrogen and oxygen atoms in total. The minimum Gasteiger partial charge on any atom is -0.380 e. The van der Waals surface area contributed by atoms with Gasteiger partial charge in [-0.15, -0.1) is 0 Å². The molecule has 2 heteroatoms. The van der Waals surface area contributed by atoms with E-state index in [1.807, 2.05) is 12.1 Å². The van der Waals surface area contributed by atoms with Crippen LogP contribution in [0.15, 0.2) is 42.5 Å². The normalized spacial score (nSPS) is 14.4. The summed E-state index contributed by atoms with van der Waals surface area (Å²) in [6.07, 6.45) is 2.70. The third-order valence-corrected chi connectivity index (χ3v) is 4.01. The van der Waals surface area contributed by atoms with Crippen molar-refractivity contribution in [2.24, 2.45) is 0 Å². The molecule has 1 aliphatic carbocycles. The van der Waals surface area contributed by atoms with Crippen molar-refractivity contribution in [1.29, 1.82) is 0 Å². The average Bonchev–Trinajstić information content (AvgIpc) is 3.23. The van der Waals surface area contributed by atoms with E-state index in [4.69, 9.17) is 11.6 Å². The molecule has 0 aliphatic heterocycles. The second-order valence-electron chi connectivity index (χ2n) is 5.30. The first-order valence-electron chi connectivity index (χ1n) is 6.82. The molecule has 0 atom stereocenters. The fourth-order valence-electron chi connectivity index (χ4n) is 2.42. The van der Waals surface area contributed by atoms with Crippen LogP contribution in [0, 0.1) is 6.92 Å². The Morgan fingerprint density at radius 3 is 2.68 bits per heavy atom. The van der Waals surface area contributed by atoms with Gasteiger partial charge in [0.25, 0.3) is 0 Å². The number of rotatable bonds is 4. The Labute approximate surface area is 119 Å². The van der Waals surface area contributed by atoms with Gasteiger partial charge in [0.1, 0.15) is 0 Å². The molecule has 0 saturated heterocycles. The van der Waals surface area contributed by atoms with E-state index in [-0.39, 0.29) is 0 Å². The zero-order valence-corrected chi connectivity index (χ0v) is 11.9. The van der Waals surface area contributed by atoms with Crippen LogP contribution in [0.4, 0.5) is 5.69 Å². The van der Waals surface area contributed by atoms with Gasteiger partial charge < -0.3 is 5.32 Å². The maximum Gasteiger partial charge on any atom is 0.0640 e. The van der Waals surface area contributed by atoms with Gasteiger partial charge in [0, 0.05) is 6.54 Å². The highest BCUT2D eigenvalue weighted by Crippen LogP contribution is 2.40. The van der Waals surface area contributed by atoms with Gasteiger partial charge in [0.05, 0.1) is 10.7 Å². The van der Waals surface area contributed by atoms with Gasteiger partial charge in [0.2, 0.25) is 0 Å². The molecule has 0 radical (unpaired) electrons. The number of hydrogen-bond acceptors (Lipinski definition) is 1. The highest BCUT2D eigenvalue weighted by Gasteiger charge is 2.23. The minimum atomic E-state index is 0.790. The Morgan fingerprint density at radius 2 is 1.95 bits per heavy atom. The molecule has 19 heavy (non-hydrogen) atoms. The zero-order valence-electron chi connectivity index (χ0n) is 11.1. The van der Waals surface area contributed by atoms with Crippen LogP contribution >= 0.6 is 11.6 Å². The molecule has 0 amide bonds. The van der Waals surface area contributed by atoms with Gasteiger partial charge in [0.15, 0.2) is 0 Å². The first-order valence-corrected chi connectivity index (χ1v) is 7.19. The number of benzene rings is 2. The predicted molar refractivity (Wildman–Crippen MR) is 81.9 cm³/mol. The summed E-state index contributed by atoms with van der Waals surface area (Å²) in [5, 5.41) is 4.24. The SMILES string of the molecule is Cc1cccc(Cl)c1NCc1cccc(C2CC2)c1. The van der Waals surface area contributed by atoms with E-state index in [2.05, 4.69) is 42.6 Å². The zero-order chi connectivity index (χ0) is 13.2. The van der Waals surface area contributed by atoms with Crippen molar-refractivity contribution in [2.45, 2.75) is 32.2 Å². The highest BCUT2D eigenvalue weighted by molar-refractivity contribution is 6.33. The number of hydrogen-bond donors (Lipinski definition) is 1. The lowest BCUT2D eigenvalue weighted by atomic mass is 10.1. The summed E-state index contributed by atoms with van der Waals surface area (Å²) in [5.74, 6) is 0.807. The van der Waals surface area contributed by atoms with Crippen molar-refractivity contribution in [3.63, 3.8) is 0 Å². The Balaban J connectivity index is 1.73. The van der Waals surface area contributed by atoms with Crippen LogP contribution in [-0.4, -0.2) is 0 Å². The maximum absolute atomic E-state index is 6.22. The molecule has 2 aromatic rings. The number of nitrogens with one attached hydrogen (secondary N) is 1. The topological polar surface area (TPSA) is 12.0 Å². The summed E-state index contributed by atoms with van der Waals surface area (Å²) in [6.45, 7) is 2.90. The average molecular weight is 272 g/mol. The molecule has 3 rings (SSSR count). The second-order valence-corrected chi connectivity index (χ2v) is 5.71. The van der Waals surface area contributed by atoms with Gasteiger partial charge in [-0.3, -0.25) is 0 Å². The molecule has 1 aliphatic rings. The van der Waals surface area contributed by atoms with Crippen molar-refractivity contribution in [1.82, 2.24) is 0 Å². The third-order valence-electron chi connectivity index (χ3n) is 3.69. The molecular formula is C17H18ClN. The molecule has 1 saturated carbocycles. The van der Waals surface area contributed by atoms with Gasteiger partial charge in [-0.25, -0.2) is 0 Å². The van der Waals surface area contributed by atoms with E-state index in [1.54, 1.807) is 0 Å². The van der Waals surface area contributed by atoms with Gasteiger partial charge >= 0.3 is 0 Å². The van der Waals surface area contributed by atoms with Crippen LogP contribution in [-0.2, 0) is 6.54 Å². The highest BCUT2D eigenvalue weighted by atomic mass is 35.5. The lowest BCUT2D eigenvalue weighted by Gasteiger charge is -2.12. The fraction of sp³-hybridized carbons (Fsp3) is 0.294. The number of para-hydroxylation sites is 1. The van der Waals surface area contributed by atoms with Crippen LogP contribution < -0.4 is 5.32 Å². The lowest BCUT2D eigenvalue weighted by molar-refractivity contribution is 1.08. The third kappa shape index (κ3) is 2.93. The summed E-state index contributed by atoms with van der Waals surface area (Å²) in [4.78, 5) is 0. The quantitative estimate of drug-likeness (QED) is 0.812. The standard InChI is InChI=1S/C17H18ClN/c1-12-4-2-7-16(18)17(12)19-11-13-5-3-6-15(10-13)14-8-9-14/h2-7,10,14,19H,8-9,11H2,1H3. The maximum atomic E-state index is 6.22. The van der Waals surface area contributed by atoms with Gasteiger partial charge in [-0.2, -0.15) is 0 Å². The van der Waals surface area contributed by atoms with Crippen LogP contribution in [0.1, 0.15) is 35.4 Å². The van der Waals surface area contributed by atoms with Gasteiger partial charge in [-0.1, -0.05) is 48.0 Å². The van der Waals surface area contributed by atoms with Crippen molar-refractivity contribution >= 4 is 17.3 Å². The van der Waals surface area contributed by atoms with Crippen molar-refractivity contribution in [2.75, 3.05) is 5.32 Å². The molecule has 98 valence electrons. The number of halogens is 1. The van der Waals surface area contributed by atoms with Gasteiger partial charge in [-0.05, 0) is 48.4 Å². The van der Waals surface area contributed by atoms with Crippen molar-refractivity contribution in [3.8, 4) is 0 Å². The molecule has 0 aromatic heterocycles. The van der Waals surface area contributed by atoms with E-state index >= 15 is 0 Å². The Hall–Kier alpha value is -1.47. The first kappa shape index (κ1) is 12.6. The molecule has 1 N–H and O–H groups in total. The molecule has 1 fully saturated rings. The van der Waals surface area contributed by atoms with Crippen LogP contribution in [0.2, 0.25) is 5.02 Å². The summed E-state index contributed by atoms with van der Waals surface area (Å²) in [7, 11) is 0. The van der Waals surface area contributed by atoms with E-state index < -0.39 is 0 Å². The number of aryl methyl sites for hydroxylation is 1. The minimum absolute atomic E-state index is 0.790. The summed E-state index contributed by atoms with van der Waals surface area (Å²) < 4.78 is 0. The molecule has 2 aromatic carbocycles. The van der Waals surface area contributed by atoms with E-state index in [0.29, 0.717) is 0 Å². The molecule has 0 bridgehead atoms. The van der Waals surface area contributed by atoms with Crippen LogP contribution in [0.25, 0.3) is 0 Å². The van der Waals surface area contributed by atoms with Crippen molar-refractivity contribution in [3.05, 3.63) is 64.2 Å². The van der Waals surface area contributed by atoms with Crippen LogP contribution in [0.3, 0.4) is 0 Å². The van der Waals surface area contributed by atoms with E-state index in [9.17, 15) is 0 Å². The monoisotopic (exact) mass is 271 g/mol.